The zero-order valence-corrected chi connectivity index (χ0v) is 19.0. The molecule has 2 heterocycles. The van der Waals surface area contributed by atoms with Crippen LogP contribution in [0.25, 0.3) is 0 Å². The third kappa shape index (κ3) is 4.11. The highest BCUT2D eigenvalue weighted by molar-refractivity contribution is 8.04. The van der Waals surface area contributed by atoms with E-state index in [4.69, 9.17) is 11.6 Å². The van der Waals surface area contributed by atoms with E-state index in [9.17, 15) is 14.0 Å². The minimum Gasteiger partial charge on any atom is -0.350 e. The first-order valence-electron chi connectivity index (χ1n) is 9.66. The maximum Gasteiger partial charge on any atom is 0.283 e. The molecule has 0 aliphatic carbocycles. The second-order valence-corrected chi connectivity index (χ2v) is 8.56. The number of aromatic nitrogens is 2. The lowest BCUT2D eigenvalue weighted by molar-refractivity contribution is -0.120. The number of carbonyl (C=O) groups is 2. The van der Waals surface area contributed by atoms with Crippen LogP contribution in [0.4, 0.5) is 15.8 Å². The number of nitrogens with one attached hydrogen (secondary N) is 1. The van der Waals surface area contributed by atoms with Crippen molar-refractivity contribution in [3.8, 4) is 0 Å². The molecule has 0 atom stereocenters. The number of nitrogens with zero attached hydrogens (tertiary/aromatic N) is 3. The maximum atomic E-state index is 14.5. The predicted octanol–water partition coefficient (Wildman–Crippen LogP) is 5.18. The van der Waals surface area contributed by atoms with Gasteiger partial charge in [-0.1, -0.05) is 29.8 Å². The Labute approximate surface area is 193 Å². The third-order valence-electron chi connectivity index (χ3n) is 4.82. The molecule has 2 amide bonds. The Bertz CT molecular complexity index is 1270. The summed E-state index contributed by atoms with van der Waals surface area (Å²) in [6.07, 6.45) is 0. The first-order chi connectivity index (χ1) is 15.3. The van der Waals surface area contributed by atoms with Crippen LogP contribution < -0.4 is 10.2 Å². The molecule has 0 spiro atoms. The SMILES string of the molecule is Cc1cc(C)nc(SC2=C(Nc3cccc(Cl)c3C)C(=O)N(c3ccccc3F)C2=O)n1. The highest BCUT2D eigenvalue weighted by atomic mass is 35.5. The average Bonchev–Trinajstić information content (AvgIpc) is 2.95. The number of hydrogen-bond acceptors (Lipinski definition) is 6. The molecule has 0 saturated heterocycles. The predicted molar refractivity (Wildman–Crippen MR) is 123 cm³/mol. The number of halogens is 2. The van der Waals surface area contributed by atoms with Crippen molar-refractivity contribution in [1.82, 2.24) is 9.97 Å². The van der Waals surface area contributed by atoms with Gasteiger partial charge in [-0.15, -0.1) is 0 Å². The molecular formula is C23H18ClFN4O2S. The molecule has 4 rings (SSSR count). The van der Waals surface area contributed by atoms with Gasteiger partial charge in [0.15, 0.2) is 5.16 Å². The number of rotatable bonds is 5. The minimum absolute atomic E-state index is 0.0105. The zero-order chi connectivity index (χ0) is 23.0. The van der Waals surface area contributed by atoms with Crippen LogP contribution in [0, 0.1) is 26.6 Å². The van der Waals surface area contributed by atoms with Crippen LogP contribution in [-0.2, 0) is 9.59 Å². The van der Waals surface area contributed by atoms with Gasteiger partial charge in [-0.3, -0.25) is 9.59 Å². The highest BCUT2D eigenvalue weighted by Gasteiger charge is 2.41. The standard InChI is InChI=1S/C23H18ClFN4O2S/c1-12-11-13(2)27-23(26-12)32-20-19(28-17-9-6-7-15(24)14(17)3)21(30)29(22(20)31)18-10-5-4-8-16(18)25/h4-11,28H,1-3H3. The molecule has 0 bridgehead atoms. The van der Waals surface area contributed by atoms with E-state index in [0.717, 1.165) is 28.0 Å². The second-order valence-electron chi connectivity index (χ2n) is 7.17. The summed E-state index contributed by atoms with van der Waals surface area (Å²) in [5, 5.41) is 3.85. The van der Waals surface area contributed by atoms with Crippen molar-refractivity contribution in [3.05, 3.63) is 86.9 Å². The number of thioether (sulfide) groups is 1. The molecule has 1 N–H and O–H groups in total. The Morgan fingerprint density at radius 3 is 2.34 bits per heavy atom. The number of anilines is 2. The fraction of sp³-hybridized carbons (Fsp3) is 0.130. The van der Waals surface area contributed by atoms with Gasteiger partial charge in [-0.25, -0.2) is 19.3 Å². The van der Waals surface area contributed by atoms with E-state index in [0.29, 0.717) is 21.4 Å². The monoisotopic (exact) mass is 468 g/mol. The van der Waals surface area contributed by atoms with Gasteiger partial charge in [-0.2, -0.15) is 0 Å². The van der Waals surface area contributed by atoms with Gasteiger partial charge in [0, 0.05) is 22.1 Å². The average molecular weight is 469 g/mol. The number of carbonyl (C=O) groups excluding carboxylic acids is 2. The summed E-state index contributed by atoms with van der Waals surface area (Å²) < 4.78 is 14.5. The number of amides is 2. The highest BCUT2D eigenvalue weighted by Crippen LogP contribution is 2.38. The van der Waals surface area contributed by atoms with Gasteiger partial charge in [0.05, 0.1) is 5.69 Å². The van der Waals surface area contributed by atoms with E-state index in [-0.39, 0.29) is 16.3 Å². The van der Waals surface area contributed by atoms with Gasteiger partial charge in [0.1, 0.15) is 16.4 Å². The Balaban J connectivity index is 1.81. The molecule has 0 unspecified atom stereocenters. The first-order valence-corrected chi connectivity index (χ1v) is 10.9. The van der Waals surface area contributed by atoms with Crippen molar-refractivity contribution in [3.63, 3.8) is 0 Å². The molecule has 1 aliphatic heterocycles. The Hall–Kier alpha value is -3.23. The third-order valence-corrected chi connectivity index (χ3v) is 6.17. The van der Waals surface area contributed by atoms with Gasteiger partial charge >= 0.3 is 0 Å². The smallest absolute Gasteiger partial charge is 0.283 e. The molecule has 2 aromatic carbocycles. The van der Waals surface area contributed by atoms with Crippen LogP contribution >= 0.6 is 23.4 Å². The topological polar surface area (TPSA) is 75.2 Å². The quantitative estimate of drug-likeness (QED) is 0.410. The molecule has 3 aromatic rings. The molecule has 162 valence electrons. The first kappa shape index (κ1) is 22.0. The number of para-hydroxylation sites is 1. The molecular weight excluding hydrogens is 451 g/mol. The normalized spacial score (nSPS) is 13.8. The van der Waals surface area contributed by atoms with E-state index >= 15 is 0 Å². The Kier molecular flexibility index (Phi) is 5.99. The van der Waals surface area contributed by atoms with E-state index < -0.39 is 17.6 Å². The largest absolute Gasteiger partial charge is 0.350 e. The number of imide groups is 1. The lowest BCUT2D eigenvalue weighted by Crippen LogP contribution is -2.33. The number of aryl methyl sites for hydroxylation is 2. The molecule has 0 saturated carbocycles. The maximum absolute atomic E-state index is 14.5. The van der Waals surface area contributed by atoms with Crippen LogP contribution in [0.1, 0.15) is 17.0 Å². The van der Waals surface area contributed by atoms with Crippen molar-refractivity contribution < 1.29 is 14.0 Å². The molecule has 0 fully saturated rings. The van der Waals surface area contributed by atoms with Crippen molar-refractivity contribution in [1.29, 1.82) is 0 Å². The summed E-state index contributed by atoms with van der Waals surface area (Å²) in [6, 6.07) is 12.6. The summed E-state index contributed by atoms with van der Waals surface area (Å²) in [5.41, 5.74) is 2.60. The number of benzene rings is 2. The molecule has 0 radical (unpaired) electrons. The lowest BCUT2D eigenvalue weighted by atomic mass is 10.2. The molecule has 6 nitrogen and oxygen atoms in total. The fourth-order valence-corrected chi connectivity index (χ4v) is 4.43. The fourth-order valence-electron chi connectivity index (χ4n) is 3.27. The van der Waals surface area contributed by atoms with Crippen molar-refractivity contribution >= 4 is 46.6 Å². The van der Waals surface area contributed by atoms with Gasteiger partial charge < -0.3 is 5.32 Å². The van der Waals surface area contributed by atoms with Crippen LogP contribution in [0.5, 0.6) is 0 Å². The van der Waals surface area contributed by atoms with E-state index in [1.165, 1.54) is 18.2 Å². The van der Waals surface area contributed by atoms with E-state index in [2.05, 4.69) is 15.3 Å². The van der Waals surface area contributed by atoms with Gasteiger partial charge in [-0.05, 0) is 68.4 Å². The van der Waals surface area contributed by atoms with Gasteiger partial charge in [0.2, 0.25) is 0 Å². The molecule has 1 aromatic heterocycles. The van der Waals surface area contributed by atoms with Crippen LogP contribution in [-0.4, -0.2) is 21.8 Å². The minimum atomic E-state index is -0.679. The van der Waals surface area contributed by atoms with Crippen molar-refractivity contribution in [2.24, 2.45) is 0 Å². The van der Waals surface area contributed by atoms with Gasteiger partial charge in [0.25, 0.3) is 11.8 Å². The second kappa shape index (κ2) is 8.72. The Morgan fingerprint density at radius 1 is 0.969 bits per heavy atom. The van der Waals surface area contributed by atoms with Crippen LogP contribution in [0.2, 0.25) is 5.02 Å². The Morgan fingerprint density at radius 2 is 1.66 bits per heavy atom. The zero-order valence-electron chi connectivity index (χ0n) is 17.4. The lowest BCUT2D eigenvalue weighted by Gasteiger charge is -2.16. The summed E-state index contributed by atoms with van der Waals surface area (Å²) in [5.74, 6) is -2.01. The van der Waals surface area contributed by atoms with Crippen LogP contribution in [0.3, 0.4) is 0 Å². The van der Waals surface area contributed by atoms with E-state index in [1.807, 2.05) is 13.8 Å². The summed E-state index contributed by atoms with van der Waals surface area (Å²) >= 11 is 7.18. The molecule has 9 heteroatoms. The van der Waals surface area contributed by atoms with Crippen molar-refractivity contribution in [2.45, 2.75) is 25.9 Å². The molecule has 1 aliphatic rings. The van der Waals surface area contributed by atoms with E-state index in [1.54, 1.807) is 37.3 Å². The summed E-state index contributed by atoms with van der Waals surface area (Å²) in [7, 11) is 0. The van der Waals surface area contributed by atoms with Crippen molar-refractivity contribution in [2.75, 3.05) is 10.2 Å². The summed E-state index contributed by atoms with van der Waals surface area (Å²) in [4.78, 5) is 36.3. The summed E-state index contributed by atoms with van der Waals surface area (Å²) in [6.45, 7) is 5.42. The number of hydrogen-bond donors (Lipinski definition) is 1. The molecule has 32 heavy (non-hydrogen) atoms. The van der Waals surface area contributed by atoms with Crippen LogP contribution in [0.15, 0.2) is 64.3 Å².